The molecule has 20 heavy (non-hydrogen) atoms. The highest BCUT2D eigenvalue weighted by Gasteiger charge is 2.09. The van der Waals surface area contributed by atoms with E-state index in [1.807, 2.05) is 30.3 Å². The Balaban J connectivity index is 2.05. The fourth-order valence-corrected chi connectivity index (χ4v) is 3.04. The first-order valence-corrected chi connectivity index (χ1v) is 8.08. The van der Waals surface area contributed by atoms with Crippen LogP contribution < -0.4 is 5.32 Å². The molecule has 0 radical (unpaired) electrons. The number of halogens is 3. The van der Waals surface area contributed by atoms with Gasteiger partial charge in [0.25, 0.3) is 0 Å². The first-order valence-electron chi connectivity index (χ1n) is 6.53. The van der Waals surface area contributed by atoms with Crippen molar-refractivity contribution in [1.82, 2.24) is 5.32 Å². The molecule has 0 heterocycles. The molecule has 1 unspecified atom stereocenters. The molecule has 0 saturated carbocycles. The Kier molecular flexibility index (Phi) is 5.91. The maximum atomic E-state index is 5.95. The summed E-state index contributed by atoms with van der Waals surface area (Å²) in [5.74, 6) is 0. The van der Waals surface area contributed by atoms with Gasteiger partial charge < -0.3 is 5.32 Å². The van der Waals surface area contributed by atoms with Crippen LogP contribution in [0.15, 0.2) is 46.9 Å². The topological polar surface area (TPSA) is 12.0 Å². The zero-order chi connectivity index (χ0) is 14.5. The summed E-state index contributed by atoms with van der Waals surface area (Å²) in [6.45, 7) is 2.96. The second-order valence-electron chi connectivity index (χ2n) is 4.63. The van der Waals surface area contributed by atoms with E-state index in [1.165, 1.54) is 11.1 Å². The molecule has 1 nitrogen and oxygen atoms in total. The minimum Gasteiger partial charge on any atom is -0.306 e. The van der Waals surface area contributed by atoms with Crippen LogP contribution in [0, 0.1) is 0 Å². The average molecular weight is 373 g/mol. The summed E-state index contributed by atoms with van der Waals surface area (Å²) in [7, 11) is 0. The number of hydrogen-bond acceptors (Lipinski definition) is 1. The van der Waals surface area contributed by atoms with Crippen molar-refractivity contribution in [2.45, 2.75) is 25.9 Å². The molecule has 1 atom stereocenters. The van der Waals surface area contributed by atoms with Gasteiger partial charge in [0.05, 0.1) is 0 Å². The third kappa shape index (κ3) is 4.23. The predicted octanol–water partition coefficient (Wildman–Crippen LogP) is 6.00. The molecule has 0 aliphatic heterocycles. The van der Waals surface area contributed by atoms with Gasteiger partial charge in [-0.05, 0) is 41.8 Å². The highest BCUT2D eigenvalue weighted by atomic mass is 79.9. The van der Waals surface area contributed by atoms with Crippen LogP contribution in [0.1, 0.15) is 30.5 Å². The van der Waals surface area contributed by atoms with Crippen molar-refractivity contribution in [2.75, 3.05) is 0 Å². The quantitative estimate of drug-likeness (QED) is 0.678. The first-order chi connectivity index (χ1) is 9.60. The summed E-state index contributed by atoms with van der Waals surface area (Å²) >= 11 is 15.4. The minimum atomic E-state index is 0.315. The van der Waals surface area contributed by atoms with Crippen molar-refractivity contribution in [3.63, 3.8) is 0 Å². The lowest BCUT2D eigenvalue weighted by atomic mass is 10.0. The second-order valence-corrected chi connectivity index (χ2v) is 6.36. The fraction of sp³-hybridized carbons (Fsp3) is 0.250. The van der Waals surface area contributed by atoms with Crippen molar-refractivity contribution in [3.8, 4) is 0 Å². The maximum Gasteiger partial charge on any atom is 0.0417 e. The van der Waals surface area contributed by atoms with Crippen molar-refractivity contribution < 1.29 is 0 Å². The van der Waals surface area contributed by atoms with Crippen LogP contribution in [-0.4, -0.2) is 0 Å². The van der Waals surface area contributed by atoms with E-state index < -0.39 is 0 Å². The highest BCUT2D eigenvalue weighted by molar-refractivity contribution is 9.10. The van der Waals surface area contributed by atoms with Gasteiger partial charge in [0.1, 0.15) is 0 Å². The summed E-state index contributed by atoms with van der Waals surface area (Å²) in [4.78, 5) is 0. The van der Waals surface area contributed by atoms with E-state index >= 15 is 0 Å². The van der Waals surface area contributed by atoms with Crippen LogP contribution in [0.4, 0.5) is 0 Å². The van der Waals surface area contributed by atoms with E-state index in [-0.39, 0.29) is 0 Å². The maximum absolute atomic E-state index is 5.95. The molecule has 0 amide bonds. The van der Waals surface area contributed by atoms with E-state index in [2.05, 4.69) is 40.3 Å². The zero-order valence-corrected chi connectivity index (χ0v) is 14.3. The molecule has 2 aromatic rings. The van der Waals surface area contributed by atoms with Gasteiger partial charge in [0.15, 0.2) is 0 Å². The van der Waals surface area contributed by atoms with Gasteiger partial charge in [-0.2, -0.15) is 0 Å². The van der Waals surface area contributed by atoms with Gasteiger partial charge in [0.2, 0.25) is 0 Å². The molecule has 4 heteroatoms. The van der Waals surface area contributed by atoms with Crippen LogP contribution in [0.2, 0.25) is 10.0 Å². The van der Waals surface area contributed by atoms with E-state index in [0.717, 1.165) is 27.5 Å². The Morgan fingerprint density at radius 3 is 2.30 bits per heavy atom. The van der Waals surface area contributed by atoms with Crippen LogP contribution >= 0.6 is 39.1 Å². The number of nitrogens with one attached hydrogen (secondary N) is 1. The smallest absolute Gasteiger partial charge is 0.0417 e. The lowest BCUT2D eigenvalue weighted by Gasteiger charge is -2.18. The van der Waals surface area contributed by atoms with E-state index in [9.17, 15) is 0 Å². The molecule has 1 N–H and O–H groups in total. The highest BCUT2D eigenvalue weighted by Crippen LogP contribution is 2.24. The molecule has 106 valence electrons. The third-order valence-electron chi connectivity index (χ3n) is 3.23. The van der Waals surface area contributed by atoms with Gasteiger partial charge in [0, 0.05) is 27.1 Å². The third-order valence-corrected chi connectivity index (χ3v) is 4.46. The molecule has 0 bridgehead atoms. The molecular formula is C16H16BrCl2N. The Morgan fingerprint density at radius 1 is 1.05 bits per heavy atom. The molecule has 0 aliphatic carbocycles. The SMILES string of the molecule is CCC(NCc1ccc(Cl)cc1Br)c1ccc(Cl)cc1. The monoisotopic (exact) mass is 371 g/mol. The van der Waals surface area contributed by atoms with Gasteiger partial charge >= 0.3 is 0 Å². The minimum absolute atomic E-state index is 0.315. The van der Waals surface area contributed by atoms with E-state index in [1.54, 1.807) is 0 Å². The summed E-state index contributed by atoms with van der Waals surface area (Å²) in [5, 5.41) is 5.07. The van der Waals surface area contributed by atoms with Gasteiger partial charge in [-0.3, -0.25) is 0 Å². The molecule has 2 rings (SSSR count). The molecule has 0 saturated heterocycles. The van der Waals surface area contributed by atoms with Crippen molar-refractivity contribution >= 4 is 39.1 Å². The summed E-state index contributed by atoms with van der Waals surface area (Å²) < 4.78 is 1.03. The molecule has 0 aliphatic rings. The number of rotatable bonds is 5. The second kappa shape index (κ2) is 7.46. The summed E-state index contributed by atoms with van der Waals surface area (Å²) in [6, 6.07) is 14.2. The van der Waals surface area contributed by atoms with Gasteiger partial charge in [-0.25, -0.2) is 0 Å². The van der Waals surface area contributed by atoms with E-state index in [0.29, 0.717) is 6.04 Å². The normalized spacial score (nSPS) is 12.4. The standard InChI is InChI=1S/C16H16BrCl2N/c1-2-16(11-3-6-13(18)7-4-11)20-10-12-5-8-14(19)9-15(12)17/h3-9,16,20H,2,10H2,1H3. The van der Waals surface area contributed by atoms with Gasteiger partial charge in [-0.1, -0.05) is 64.3 Å². The number of hydrogen-bond donors (Lipinski definition) is 1. The van der Waals surface area contributed by atoms with Crippen molar-refractivity contribution in [2.24, 2.45) is 0 Å². The van der Waals surface area contributed by atoms with Crippen molar-refractivity contribution in [3.05, 3.63) is 68.1 Å². The lowest BCUT2D eigenvalue weighted by molar-refractivity contribution is 0.518. The Labute approximate surface area is 138 Å². The summed E-state index contributed by atoms with van der Waals surface area (Å²) in [6.07, 6.45) is 1.02. The Morgan fingerprint density at radius 2 is 1.70 bits per heavy atom. The fourth-order valence-electron chi connectivity index (χ4n) is 2.09. The summed E-state index contributed by atoms with van der Waals surface area (Å²) in [5.41, 5.74) is 2.45. The Bertz CT molecular complexity index is 569. The van der Waals surface area contributed by atoms with Crippen LogP contribution in [0.25, 0.3) is 0 Å². The largest absolute Gasteiger partial charge is 0.306 e. The van der Waals surface area contributed by atoms with Crippen LogP contribution in [-0.2, 0) is 6.54 Å². The molecular weight excluding hydrogens is 357 g/mol. The molecule has 2 aromatic carbocycles. The van der Waals surface area contributed by atoms with Crippen LogP contribution in [0.3, 0.4) is 0 Å². The first kappa shape index (κ1) is 15.8. The van der Waals surface area contributed by atoms with Crippen LogP contribution in [0.5, 0.6) is 0 Å². The molecule has 0 aromatic heterocycles. The molecule has 0 fully saturated rings. The molecule has 0 spiro atoms. The van der Waals surface area contributed by atoms with Gasteiger partial charge in [-0.15, -0.1) is 0 Å². The zero-order valence-electron chi connectivity index (χ0n) is 11.2. The lowest BCUT2D eigenvalue weighted by Crippen LogP contribution is -2.20. The number of benzene rings is 2. The van der Waals surface area contributed by atoms with Crippen molar-refractivity contribution in [1.29, 1.82) is 0 Å². The average Bonchev–Trinajstić information content (AvgIpc) is 2.43. The van der Waals surface area contributed by atoms with E-state index in [4.69, 9.17) is 23.2 Å². The Hall–Kier alpha value is -0.540. The predicted molar refractivity (Wildman–Crippen MR) is 90.5 cm³/mol.